The molecule has 17 heavy (non-hydrogen) atoms. The second-order valence-corrected chi connectivity index (χ2v) is 5.31. The summed E-state index contributed by atoms with van der Waals surface area (Å²) in [7, 11) is 0. The van der Waals surface area contributed by atoms with E-state index in [4.69, 9.17) is 0 Å². The van der Waals surface area contributed by atoms with Gasteiger partial charge in [0.1, 0.15) is 16.7 Å². The summed E-state index contributed by atoms with van der Waals surface area (Å²) in [5.74, 6) is -1.15. The Morgan fingerprint density at radius 3 is 2.59 bits per heavy atom. The van der Waals surface area contributed by atoms with Crippen LogP contribution in [-0.2, 0) is 0 Å². The van der Waals surface area contributed by atoms with Crippen LogP contribution in [0.3, 0.4) is 0 Å². The molecule has 1 nitrogen and oxygen atoms in total. The fourth-order valence-corrected chi connectivity index (χ4v) is 2.31. The van der Waals surface area contributed by atoms with E-state index in [1.807, 2.05) is 13.0 Å². The lowest BCUT2D eigenvalue weighted by Gasteiger charge is -2.04. The molecule has 0 atom stereocenters. The highest BCUT2D eigenvalue weighted by atomic mass is 79.9. The molecule has 0 aliphatic carbocycles. The van der Waals surface area contributed by atoms with Crippen LogP contribution in [0.5, 0.6) is 0 Å². The first-order valence-electron chi connectivity index (χ1n) is 4.82. The first-order valence-corrected chi connectivity index (χ1v) is 6.43. The fourth-order valence-electron chi connectivity index (χ4n) is 1.25. The van der Waals surface area contributed by atoms with Gasteiger partial charge in [-0.1, -0.05) is 11.8 Å². The van der Waals surface area contributed by atoms with Crippen molar-refractivity contribution in [2.75, 3.05) is 0 Å². The van der Waals surface area contributed by atoms with Crippen LogP contribution in [-0.4, -0.2) is 4.98 Å². The minimum Gasteiger partial charge on any atom is -0.245 e. The van der Waals surface area contributed by atoms with Crippen molar-refractivity contribution in [3.63, 3.8) is 0 Å². The number of nitrogens with zero attached hydrogens (tertiary/aromatic N) is 1. The Labute approximate surface area is 110 Å². The molecule has 0 saturated carbocycles. The number of aromatic nitrogens is 1. The van der Waals surface area contributed by atoms with Gasteiger partial charge in [-0.15, -0.1) is 0 Å². The number of hydrogen-bond donors (Lipinski definition) is 0. The number of aryl methyl sites for hydroxylation is 1. The first-order chi connectivity index (χ1) is 8.06. The van der Waals surface area contributed by atoms with Crippen LogP contribution in [0.1, 0.15) is 5.69 Å². The molecule has 2 aromatic rings. The first kappa shape index (κ1) is 12.5. The molecule has 0 spiro atoms. The quantitative estimate of drug-likeness (QED) is 0.804. The Hall–Kier alpha value is -0.940. The molecule has 1 aromatic heterocycles. The van der Waals surface area contributed by atoms with Gasteiger partial charge in [0.2, 0.25) is 0 Å². The largest absolute Gasteiger partial charge is 0.245 e. The monoisotopic (exact) mass is 315 g/mol. The van der Waals surface area contributed by atoms with Crippen molar-refractivity contribution >= 4 is 27.7 Å². The van der Waals surface area contributed by atoms with E-state index in [2.05, 4.69) is 20.9 Å². The van der Waals surface area contributed by atoms with Crippen LogP contribution in [0.25, 0.3) is 0 Å². The van der Waals surface area contributed by atoms with Gasteiger partial charge in [0, 0.05) is 15.4 Å². The third kappa shape index (κ3) is 3.04. The van der Waals surface area contributed by atoms with Gasteiger partial charge in [0.25, 0.3) is 0 Å². The zero-order valence-electron chi connectivity index (χ0n) is 8.88. The summed E-state index contributed by atoms with van der Waals surface area (Å²) in [5, 5.41) is 0.677. The lowest BCUT2D eigenvalue weighted by Crippen LogP contribution is -1.88. The minimum absolute atomic E-state index is 0.362. The lowest BCUT2D eigenvalue weighted by atomic mass is 10.3. The molecule has 0 radical (unpaired) electrons. The molecule has 0 aliphatic heterocycles. The highest BCUT2D eigenvalue weighted by molar-refractivity contribution is 9.10. The maximum atomic E-state index is 13.4. The standard InChI is InChI=1S/C12H8BrF2NS/c1-7-9(13)3-5-12(16-7)17-11-4-2-8(14)6-10(11)15/h2-6H,1H3. The maximum Gasteiger partial charge on any atom is 0.140 e. The molecule has 0 bridgehead atoms. The summed E-state index contributed by atoms with van der Waals surface area (Å²) in [6.07, 6.45) is 0. The van der Waals surface area contributed by atoms with Gasteiger partial charge in [-0.2, -0.15) is 0 Å². The maximum absolute atomic E-state index is 13.4. The molecule has 0 unspecified atom stereocenters. The van der Waals surface area contributed by atoms with Crippen molar-refractivity contribution in [3.8, 4) is 0 Å². The molecule has 0 aliphatic rings. The number of hydrogen-bond acceptors (Lipinski definition) is 2. The van der Waals surface area contributed by atoms with Gasteiger partial charge < -0.3 is 0 Å². The Morgan fingerprint density at radius 2 is 1.94 bits per heavy atom. The Balaban J connectivity index is 2.28. The SMILES string of the molecule is Cc1nc(Sc2ccc(F)cc2F)ccc1Br. The van der Waals surface area contributed by atoms with Gasteiger partial charge in [0.15, 0.2) is 0 Å². The summed E-state index contributed by atoms with van der Waals surface area (Å²) < 4.78 is 27.1. The smallest absolute Gasteiger partial charge is 0.140 e. The third-order valence-electron chi connectivity index (χ3n) is 2.10. The number of benzene rings is 1. The van der Waals surface area contributed by atoms with Crippen molar-refractivity contribution in [1.82, 2.24) is 4.98 Å². The molecule has 2 rings (SSSR count). The van der Waals surface area contributed by atoms with Gasteiger partial charge in [0.05, 0.1) is 5.69 Å². The van der Waals surface area contributed by atoms with Crippen LogP contribution in [0, 0.1) is 18.6 Å². The van der Waals surface area contributed by atoms with Gasteiger partial charge >= 0.3 is 0 Å². The molecule has 0 N–H and O–H groups in total. The zero-order chi connectivity index (χ0) is 12.4. The summed E-state index contributed by atoms with van der Waals surface area (Å²) >= 11 is 4.52. The predicted octanol–water partition coefficient (Wildman–Crippen LogP) is 4.58. The molecule has 0 saturated heterocycles. The average Bonchev–Trinajstić information content (AvgIpc) is 2.27. The molecular weight excluding hydrogens is 308 g/mol. The third-order valence-corrected chi connectivity index (χ3v) is 3.93. The van der Waals surface area contributed by atoms with E-state index in [1.165, 1.54) is 23.9 Å². The van der Waals surface area contributed by atoms with Gasteiger partial charge in [-0.3, -0.25) is 0 Å². The average molecular weight is 316 g/mol. The van der Waals surface area contributed by atoms with E-state index in [9.17, 15) is 8.78 Å². The zero-order valence-corrected chi connectivity index (χ0v) is 11.3. The summed E-state index contributed by atoms with van der Waals surface area (Å²) in [4.78, 5) is 4.65. The highest BCUT2D eigenvalue weighted by Gasteiger charge is 2.07. The fraction of sp³-hybridized carbons (Fsp3) is 0.0833. The second kappa shape index (κ2) is 5.14. The summed E-state index contributed by atoms with van der Waals surface area (Å²) in [6, 6.07) is 7.15. The van der Waals surface area contributed by atoms with Crippen LogP contribution >= 0.6 is 27.7 Å². The molecule has 0 amide bonds. The van der Waals surface area contributed by atoms with E-state index >= 15 is 0 Å². The Bertz CT molecular complexity index is 560. The molecule has 0 fully saturated rings. The van der Waals surface area contributed by atoms with Crippen molar-refractivity contribution in [3.05, 3.63) is 52.1 Å². The van der Waals surface area contributed by atoms with E-state index in [1.54, 1.807) is 6.07 Å². The Morgan fingerprint density at radius 1 is 1.18 bits per heavy atom. The van der Waals surface area contributed by atoms with Gasteiger partial charge in [-0.25, -0.2) is 13.8 Å². The van der Waals surface area contributed by atoms with Crippen molar-refractivity contribution in [2.45, 2.75) is 16.8 Å². The lowest BCUT2D eigenvalue weighted by molar-refractivity contribution is 0.565. The predicted molar refractivity (Wildman–Crippen MR) is 67.2 cm³/mol. The summed E-state index contributed by atoms with van der Waals surface area (Å²) in [5.41, 5.74) is 0.831. The molecule has 1 aromatic carbocycles. The van der Waals surface area contributed by atoms with E-state index in [-0.39, 0.29) is 0 Å². The molecule has 5 heteroatoms. The van der Waals surface area contributed by atoms with Crippen LogP contribution in [0.2, 0.25) is 0 Å². The topological polar surface area (TPSA) is 12.9 Å². The van der Waals surface area contributed by atoms with E-state index in [0.717, 1.165) is 16.2 Å². The minimum atomic E-state index is -0.577. The normalized spacial score (nSPS) is 10.6. The highest BCUT2D eigenvalue weighted by Crippen LogP contribution is 2.30. The molecule has 1 heterocycles. The molecular formula is C12H8BrF2NS. The summed E-state index contributed by atoms with van der Waals surface area (Å²) in [6.45, 7) is 1.86. The van der Waals surface area contributed by atoms with Crippen LogP contribution < -0.4 is 0 Å². The van der Waals surface area contributed by atoms with E-state index < -0.39 is 11.6 Å². The second-order valence-electron chi connectivity index (χ2n) is 3.39. The molecule has 88 valence electrons. The number of halogens is 3. The van der Waals surface area contributed by atoms with Crippen molar-refractivity contribution in [2.24, 2.45) is 0 Å². The van der Waals surface area contributed by atoms with Crippen LogP contribution in [0.15, 0.2) is 44.7 Å². The Kier molecular flexibility index (Phi) is 3.79. The van der Waals surface area contributed by atoms with Crippen LogP contribution in [0.4, 0.5) is 8.78 Å². The number of rotatable bonds is 2. The van der Waals surface area contributed by atoms with Crippen molar-refractivity contribution < 1.29 is 8.78 Å². The number of pyridine rings is 1. The van der Waals surface area contributed by atoms with Crippen molar-refractivity contribution in [1.29, 1.82) is 0 Å². The van der Waals surface area contributed by atoms with E-state index in [0.29, 0.717) is 9.92 Å². The van der Waals surface area contributed by atoms with Gasteiger partial charge in [-0.05, 0) is 47.1 Å².